The van der Waals surface area contributed by atoms with Crippen LogP contribution in [0.1, 0.15) is 16.1 Å². The second-order valence-electron chi connectivity index (χ2n) is 4.72. The summed E-state index contributed by atoms with van der Waals surface area (Å²) in [6.45, 7) is 0. The topological polar surface area (TPSA) is 139 Å². The van der Waals surface area contributed by atoms with Crippen molar-refractivity contribution in [3.8, 4) is 0 Å². The van der Waals surface area contributed by atoms with E-state index in [1.807, 2.05) is 10.6 Å². The van der Waals surface area contributed by atoms with Crippen molar-refractivity contribution in [1.29, 1.82) is 0 Å². The van der Waals surface area contributed by atoms with Gasteiger partial charge in [0.1, 0.15) is 16.4 Å². The summed E-state index contributed by atoms with van der Waals surface area (Å²) in [4.78, 5) is 49.5. The van der Waals surface area contributed by atoms with Gasteiger partial charge in [0.25, 0.3) is 11.8 Å². The van der Waals surface area contributed by atoms with Gasteiger partial charge in [-0.15, -0.1) is 0 Å². The number of carboxylic acids is 1. The first-order chi connectivity index (χ1) is 11.9. The largest absolute Gasteiger partial charge is 0.478 e. The summed E-state index contributed by atoms with van der Waals surface area (Å²) in [7, 11) is 0. The summed E-state index contributed by atoms with van der Waals surface area (Å²) in [5, 5.41) is 13.6. The average molecular weight is 359 g/mol. The molecular formula is C15H9N3O6S. The van der Waals surface area contributed by atoms with Gasteiger partial charge in [-0.05, 0) is 42.1 Å². The lowest BCUT2D eigenvalue weighted by molar-refractivity contribution is -0.123. The molecule has 25 heavy (non-hydrogen) atoms. The number of imide groups is 2. The van der Waals surface area contributed by atoms with Gasteiger partial charge in [0.2, 0.25) is 0 Å². The molecule has 0 atom stereocenters. The Hall–Kier alpha value is -3.40. The fourth-order valence-electron chi connectivity index (χ4n) is 1.95. The summed E-state index contributed by atoms with van der Waals surface area (Å²) in [6.07, 6.45) is 2.63. The molecule has 0 aliphatic carbocycles. The van der Waals surface area contributed by atoms with Gasteiger partial charge >= 0.3 is 12.0 Å². The number of aromatic nitrogens is 1. The number of barbiturate groups is 1. The Morgan fingerprint density at radius 3 is 2.56 bits per heavy atom. The Balaban J connectivity index is 1.83. The molecule has 3 rings (SSSR count). The van der Waals surface area contributed by atoms with Crippen molar-refractivity contribution in [3.63, 3.8) is 0 Å². The van der Waals surface area contributed by atoms with Crippen molar-refractivity contribution >= 4 is 41.7 Å². The highest BCUT2D eigenvalue weighted by molar-refractivity contribution is 7.99. The van der Waals surface area contributed by atoms with Crippen molar-refractivity contribution < 1.29 is 28.7 Å². The third kappa shape index (κ3) is 3.58. The maximum Gasteiger partial charge on any atom is 0.338 e. The van der Waals surface area contributed by atoms with Crippen LogP contribution in [0.4, 0.5) is 4.79 Å². The van der Waals surface area contributed by atoms with Crippen LogP contribution < -0.4 is 10.6 Å². The number of rotatable bonds is 4. The van der Waals surface area contributed by atoms with E-state index in [9.17, 15) is 19.2 Å². The SMILES string of the molecule is O=C1NC(=O)C(=Cc2ccc(Sc3ncccc3C(=O)O)o2)C(=O)N1. The molecule has 2 aromatic rings. The van der Waals surface area contributed by atoms with E-state index in [1.54, 1.807) is 6.07 Å². The van der Waals surface area contributed by atoms with Crippen LogP contribution in [0.25, 0.3) is 6.08 Å². The fraction of sp³-hybridized carbons (Fsp3) is 0. The molecule has 9 nitrogen and oxygen atoms in total. The molecule has 0 unspecified atom stereocenters. The van der Waals surface area contributed by atoms with E-state index >= 15 is 0 Å². The summed E-state index contributed by atoms with van der Waals surface area (Å²) in [5.41, 5.74) is -0.261. The Morgan fingerprint density at radius 1 is 1.16 bits per heavy atom. The van der Waals surface area contributed by atoms with Crippen LogP contribution in [0.15, 0.2) is 50.6 Å². The van der Waals surface area contributed by atoms with Crippen molar-refractivity contribution in [2.24, 2.45) is 0 Å². The number of amides is 4. The second kappa shape index (κ2) is 6.61. The number of carboxylic acid groups (broad SMARTS) is 1. The van der Waals surface area contributed by atoms with E-state index < -0.39 is 23.8 Å². The summed E-state index contributed by atoms with van der Waals surface area (Å²) < 4.78 is 5.46. The van der Waals surface area contributed by atoms with Gasteiger partial charge in [0, 0.05) is 6.20 Å². The number of carbonyl (C=O) groups excluding carboxylic acids is 3. The molecule has 2 aromatic heterocycles. The van der Waals surface area contributed by atoms with Gasteiger partial charge in [-0.1, -0.05) is 0 Å². The molecule has 4 amide bonds. The minimum absolute atomic E-state index is 0.0216. The van der Waals surface area contributed by atoms with Crippen LogP contribution in [-0.4, -0.2) is 33.9 Å². The van der Waals surface area contributed by atoms with Gasteiger partial charge in [0.05, 0.1) is 5.56 Å². The Kier molecular flexibility index (Phi) is 4.35. The van der Waals surface area contributed by atoms with Gasteiger partial charge < -0.3 is 9.52 Å². The lowest BCUT2D eigenvalue weighted by Gasteiger charge is -2.13. The molecule has 0 aromatic carbocycles. The third-order valence-electron chi connectivity index (χ3n) is 3.03. The third-order valence-corrected chi connectivity index (χ3v) is 3.97. The van der Waals surface area contributed by atoms with E-state index in [0.717, 1.165) is 11.8 Å². The molecule has 1 saturated heterocycles. The highest BCUT2D eigenvalue weighted by Crippen LogP contribution is 2.30. The van der Waals surface area contributed by atoms with Crippen LogP contribution in [0, 0.1) is 0 Å². The molecular weight excluding hydrogens is 350 g/mol. The van der Waals surface area contributed by atoms with E-state index in [-0.39, 0.29) is 21.9 Å². The maximum atomic E-state index is 11.7. The molecule has 0 bridgehead atoms. The zero-order valence-electron chi connectivity index (χ0n) is 12.3. The molecule has 3 heterocycles. The molecule has 1 aliphatic rings. The first-order valence-electron chi connectivity index (χ1n) is 6.78. The maximum absolute atomic E-state index is 11.7. The number of pyridine rings is 1. The average Bonchev–Trinajstić information content (AvgIpc) is 2.98. The Morgan fingerprint density at radius 2 is 1.88 bits per heavy atom. The van der Waals surface area contributed by atoms with Crippen LogP contribution in [0.3, 0.4) is 0 Å². The van der Waals surface area contributed by atoms with E-state index in [4.69, 9.17) is 9.52 Å². The van der Waals surface area contributed by atoms with Gasteiger partial charge in [-0.25, -0.2) is 14.6 Å². The summed E-state index contributed by atoms with van der Waals surface area (Å²) >= 11 is 0.984. The van der Waals surface area contributed by atoms with Crippen molar-refractivity contribution in [1.82, 2.24) is 15.6 Å². The molecule has 10 heteroatoms. The van der Waals surface area contributed by atoms with Crippen molar-refractivity contribution in [3.05, 3.63) is 47.4 Å². The predicted octanol–water partition coefficient (Wildman–Crippen LogP) is 1.27. The molecule has 0 saturated carbocycles. The molecule has 126 valence electrons. The van der Waals surface area contributed by atoms with Crippen LogP contribution in [0.5, 0.6) is 0 Å². The normalized spacial score (nSPS) is 14.1. The van der Waals surface area contributed by atoms with Crippen LogP contribution in [0.2, 0.25) is 0 Å². The minimum atomic E-state index is -1.12. The predicted molar refractivity (Wildman–Crippen MR) is 83.7 cm³/mol. The first-order valence-corrected chi connectivity index (χ1v) is 7.60. The number of aromatic carboxylic acids is 1. The molecule has 1 aliphatic heterocycles. The lowest BCUT2D eigenvalue weighted by Crippen LogP contribution is -2.51. The minimum Gasteiger partial charge on any atom is -0.478 e. The van der Waals surface area contributed by atoms with Crippen molar-refractivity contribution in [2.75, 3.05) is 0 Å². The summed E-state index contributed by atoms with van der Waals surface area (Å²) in [5.74, 6) is -2.61. The van der Waals surface area contributed by atoms with Gasteiger partial charge in [-0.3, -0.25) is 20.2 Å². The number of carbonyl (C=O) groups is 4. The molecule has 0 spiro atoms. The van der Waals surface area contributed by atoms with Gasteiger partial charge in [-0.2, -0.15) is 0 Å². The number of hydrogen-bond donors (Lipinski definition) is 3. The smallest absolute Gasteiger partial charge is 0.338 e. The zero-order valence-corrected chi connectivity index (χ0v) is 13.1. The number of furan rings is 1. The fourth-order valence-corrected chi connectivity index (χ4v) is 2.79. The molecule has 1 fully saturated rings. The lowest BCUT2D eigenvalue weighted by atomic mass is 10.1. The molecule has 0 radical (unpaired) electrons. The quantitative estimate of drug-likeness (QED) is 0.548. The highest BCUT2D eigenvalue weighted by atomic mass is 32.2. The van der Waals surface area contributed by atoms with Crippen LogP contribution >= 0.6 is 11.8 Å². The van der Waals surface area contributed by atoms with Crippen molar-refractivity contribution in [2.45, 2.75) is 10.1 Å². The monoisotopic (exact) mass is 359 g/mol. The number of nitrogens with one attached hydrogen (secondary N) is 2. The van der Waals surface area contributed by atoms with E-state index in [0.29, 0.717) is 5.09 Å². The zero-order chi connectivity index (χ0) is 18.0. The van der Waals surface area contributed by atoms with Crippen LogP contribution in [-0.2, 0) is 9.59 Å². The van der Waals surface area contributed by atoms with Gasteiger partial charge in [0.15, 0.2) is 5.09 Å². The number of nitrogens with zero attached hydrogens (tertiary/aromatic N) is 1. The first kappa shape index (κ1) is 16.5. The highest BCUT2D eigenvalue weighted by Gasteiger charge is 2.28. The second-order valence-corrected chi connectivity index (χ2v) is 5.71. The molecule has 3 N–H and O–H groups in total. The number of hydrogen-bond acceptors (Lipinski definition) is 7. The summed E-state index contributed by atoms with van der Waals surface area (Å²) in [6, 6.07) is 5.07. The number of urea groups is 1. The van der Waals surface area contributed by atoms with E-state index in [2.05, 4.69) is 4.98 Å². The Bertz CT molecular complexity index is 911. The standard InChI is InChI=1S/C15H9N3O6S/c19-11-9(12(20)18-15(23)17-11)6-7-3-4-10(24-7)25-13-8(14(21)22)2-1-5-16-13/h1-6H,(H,21,22)(H2,17,18,19,20,23). The van der Waals surface area contributed by atoms with E-state index in [1.165, 1.54) is 30.5 Å². The Labute approximate surface area is 144 Å².